The van der Waals surface area contributed by atoms with E-state index in [-0.39, 0.29) is 0 Å². The Kier molecular flexibility index (Phi) is 4.16. The van der Waals surface area contributed by atoms with E-state index in [0.717, 1.165) is 12.0 Å². The molecule has 0 amide bonds. The van der Waals surface area contributed by atoms with Crippen molar-refractivity contribution in [3.05, 3.63) is 0 Å². The van der Waals surface area contributed by atoms with E-state index in [9.17, 15) is 0 Å². The molecule has 0 aromatic rings. The molecule has 0 bridgehead atoms. The number of rotatable bonds is 4. The second kappa shape index (κ2) is 5.61. The summed E-state index contributed by atoms with van der Waals surface area (Å²) in [5, 5.41) is 4.01. The zero-order valence-electron chi connectivity index (χ0n) is 13.9. The van der Waals surface area contributed by atoms with Crippen LogP contribution in [0, 0.1) is 5.92 Å². The standard InChI is InChI=1S/C18H34N2/c1-4-16(5-2)20-14-17(3,15-9-10-15)19-13-18(20)11-7-6-8-12-18/h15-16,19H,4-14H2,1-3H3. The summed E-state index contributed by atoms with van der Waals surface area (Å²) >= 11 is 0. The molecule has 1 N–H and O–H groups in total. The molecule has 2 nitrogen and oxygen atoms in total. The van der Waals surface area contributed by atoms with Crippen molar-refractivity contribution in [3.8, 4) is 0 Å². The third-order valence-corrected chi connectivity index (χ3v) is 6.58. The van der Waals surface area contributed by atoms with Crippen molar-refractivity contribution < 1.29 is 0 Å². The first kappa shape index (κ1) is 14.8. The molecule has 0 aromatic heterocycles. The maximum atomic E-state index is 4.01. The minimum Gasteiger partial charge on any atom is -0.308 e. The molecule has 2 saturated carbocycles. The van der Waals surface area contributed by atoms with E-state index in [1.165, 1.54) is 70.9 Å². The summed E-state index contributed by atoms with van der Waals surface area (Å²) in [5.41, 5.74) is 0.884. The molecule has 2 heteroatoms. The number of nitrogens with zero attached hydrogens (tertiary/aromatic N) is 1. The molecule has 3 aliphatic rings. The molecule has 20 heavy (non-hydrogen) atoms. The summed E-state index contributed by atoms with van der Waals surface area (Å²) in [6, 6.07) is 0.799. The fourth-order valence-electron chi connectivity index (χ4n) is 4.96. The summed E-state index contributed by atoms with van der Waals surface area (Å²) < 4.78 is 0. The first-order chi connectivity index (χ1) is 9.63. The van der Waals surface area contributed by atoms with Crippen molar-refractivity contribution in [2.75, 3.05) is 13.1 Å². The lowest BCUT2D eigenvalue weighted by Crippen LogP contribution is -2.72. The maximum absolute atomic E-state index is 4.01. The van der Waals surface area contributed by atoms with E-state index < -0.39 is 0 Å². The van der Waals surface area contributed by atoms with E-state index in [4.69, 9.17) is 0 Å². The normalized spacial score (nSPS) is 34.8. The Morgan fingerprint density at radius 3 is 2.30 bits per heavy atom. The minimum atomic E-state index is 0.394. The van der Waals surface area contributed by atoms with Crippen LogP contribution in [-0.2, 0) is 0 Å². The number of hydrogen-bond acceptors (Lipinski definition) is 2. The number of hydrogen-bond donors (Lipinski definition) is 1. The predicted octanol–water partition coefficient (Wildman–Crippen LogP) is 3.95. The highest BCUT2D eigenvalue weighted by atomic mass is 15.3. The van der Waals surface area contributed by atoms with Gasteiger partial charge in [0, 0.05) is 30.2 Å². The zero-order valence-corrected chi connectivity index (χ0v) is 13.9. The van der Waals surface area contributed by atoms with Crippen LogP contribution >= 0.6 is 0 Å². The first-order valence-electron chi connectivity index (χ1n) is 9.15. The molecule has 1 spiro atoms. The monoisotopic (exact) mass is 278 g/mol. The number of piperazine rings is 1. The van der Waals surface area contributed by atoms with Gasteiger partial charge >= 0.3 is 0 Å². The van der Waals surface area contributed by atoms with Crippen LogP contribution < -0.4 is 5.32 Å². The molecule has 1 unspecified atom stereocenters. The van der Waals surface area contributed by atoms with Gasteiger partial charge in [0.2, 0.25) is 0 Å². The minimum absolute atomic E-state index is 0.394. The summed E-state index contributed by atoms with van der Waals surface area (Å²) in [6.45, 7) is 9.82. The fraction of sp³-hybridized carbons (Fsp3) is 1.00. The Balaban J connectivity index is 1.82. The van der Waals surface area contributed by atoms with Crippen LogP contribution in [0.25, 0.3) is 0 Å². The van der Waals surface area contributed by atoms with Crippen molar-refractivity contribution in [2.45, 2.75) is 95.7 Å². The van der Waals surface area contributed by atoms with Crippen LogP contribution in [0.15, 0.2) is 0 Å². The van der Waals surface area contributed by atoms with Crippen molar-refractivity contribution in [2.24, 2.45) is 5.92 Å². The summed E-state index contributed by atoms with van der Waals surface area (Å²) in [4.78, 5) is 2.97. The molecular weight excluding hydrogens is 244 g/mol. The van der Waals surface area contributed by atoms with Crippen LogP contribution in [0.2, 0.25) is 0 Å². The molecule has 116 valence electrons. The lowest BCUT2D eigenvalue weighted by Gasteiger charge is -2.58. The molecule has 3 fully saturated rings. The van der Waals surface area contributed by atoms with Gasteiger partial charge in [0.1, 0.15) is 0 Å². The van der Waals surface area contributed by atoms with Crippen molar-refractivity contribution in [1.29, 1.82) is 0 Å². The topological polar surface area (TPSA) is 15.3 Å². The van der Waals surface area contributed by atoms with E-state index in [0.29, 0.717) is 11.1 Å². The van der Waals surface area contributed by atoms with Gasteiger partial charge in [0.15, 0.2) is 0 Å². The van der Waals surface area contributed by atoms with Crippen LogP contribution in [-0.4, -0.2) is 35.1 Å². The van der Waals surface area contributed by atoms with E-state index in [1.54, 1.807) is 0 Å². The Morgan fingerprint density at radius 2 is 1.75 bits per heavy atom. The third-order valence-electron chi connectivity index (χ3n) is 6.58. The highest BCUT2D eigenvalue weighted by Crippen LogP contribution is 2.46. The van der Waals surface area contributed by atoms with Crippen LogP contribution in [0.4, 0.5) is 0 Å². The molecule has 0 radical (unpaired) electrons. The average Bonchev–Trinajstić information content (AvgIpc) is 3.31. The van der Waals surface area contributed by atoms with E-state index >= 15 is 0 Å². The molecular formula is C18H34N2. The Hall–Kier alpha value is -0.0800. The van der Waals surface area contributed by atoms with Crippen molar-refractivity contribution in [1.82, 2.24) is 10.2 Å². The van der Waals surface area contributed by atoms with Crippen molar-refractivity contribution >= 4 is 0 Å². The largest absolute Gasteiger partial charge is 0.308 e. The SMILES string of the molecule is CCC(CC)N1CC(C)(C2CC2)NCC12CCCCC2. The summed E-state index contributed by atoms with van der Waals surface area (Å²) in [6.07, 6.45) is 12.7. The summed E-state index contributed by atoms with van der Waals surface area (Å²) in [7, 11) is 0. The zero-order chi connectivity index (χ0) is 14.2. The highest BCUT2D eigenvalue weighted by molar-refractivity contribution is 5.10. The second-order valence-electron chi connectivity index (χ2n) is 7.93. The number of nitrogens with one attached hydrogen (secondary N) is 1. The fourth-order valence-corrected chi connectivity index (χ4v) is 4.96. The molecule has 3 rings (SSSR count). The molecule has 1 aliphatic heterocycles. The van der Waals surface area contributed by atoms with Crippen LogP contribution in [0.1, 0.15) is 78.6 Å². The van der Waals surface area contributed by atoms with Gasteiger partial charge in [-0.1, -0.05) is 33.1 Å². The Bertz CT molecular complexity index is 326. The van der Waals surface area contributed by atoms with Gasteiger partial charge < -0.3 is 5.32 Å². The maximum Gasteiger partial charge on any atom is 0.0337 e. The molecule has 1 atom stereocenters. The second-order valence-corrected chi connectivity index (χ2v) is 7.93. The van der Waals surface area contributed by atoms with Gasteiger partial charge in [-0.2, -0.15) is 0 Å². The van der Waals surface area contributed by atoms with Gasteiger partial charge in [-0.3, -0.25) is 4.90 Å². The molecule has 0 aromatic carbocycles. The van der Waals surface area contributed by atoms with E-state index in [2.05, 4.69) is 31.0 Å². The van der Waals surface area contributed by atoms with Gasteiger partial charge in [-0.15, -0.1) is 0 Å². The van der Waals surface area contributed by atoms with Gasteiger partial charge in [-0.25, -0.2) is 0 Å². The van der Waals surface area contributed by atoms with Crippen LogP contribution in [0.3, 0.4) is 0 Å². The quantitative estimate of drug-likeness (QED) is 0.837. The van der Waals surface area contributed by atoms with Gasteiger partial charge in [0.25, 0.3) is 0 Å². The first-order valence-corrected chi connectivity index (χ1v) is 9.15. The van der Waals surface area contributed by atoms with E-state index in [1.807, 2.05) is 0 Å². The molecule has 1 heterocycles. The summed E-state index contributed by atoms with van der Waals surface area (Å²) in [5.74, 6) is 0.945. The lowest BCUT2D eigenvalue weighted by molar-refractivity contribution is -0.0510. The van der Waals surface area contributed by atoms with Crippen molar-refractivity contribution in [3.63, 3.8) is 0 Å². The average molecular weight is 278 g/mol. The molecule has 2 aliphatic carbocycles. The third kappa shape index (κ3) is 2.54. The predicted molar refractivity (Wildman–Crippen MR) is 86.0 cm³/mol. The van der Waals surface area contributed by atoms with Crippen LogP contribution in [0.5, 0.6) is 0 Å². The Labute approximate surface area is 125 Å². The van der Waals surface area contributed by atoms with Gasteiger partial charge in [-0.05, 0) is 51.4 Å². The molecule has 1 saturated heterocycles. The Morgan fingerprint density at radius 1 is 1.10 bits per heavy atom. The lowest BCUT2D eigenvalue weighted by atomic mass is 9.74. The highest BCUT2D eigenvalue weighted by Gasteiger charge is 2.52. The smallest absolute Gasteiger partial charge is 0.0337 e. The van der Waals surface area contributed by atoms with Gasteiger partial charge in [0.05, 0.1) is 0 Å².